The van der Waals surface area contributed by atoms with Gasteiger partial charge in [0.05, 0.1) is 11.4 Å². The first kappa shape index (κ1) is 22.4. The number of carbonyl (C=O) groups is 1. The first-order chi connectivity index (χ1) is 14.8. The van der Waals surface area contributed by atoms with Gasteiger partial charge in [-0.1, -0.05) is 50.2 Å². The van der Waals surface area contributed by atoms with Crippen LogP contribution in [0.4, 0.5) is 5.69 Å². The van der Waals surface area contributed by atoms with E-state index in [-0.39, 0.29) is 22.7 Å². The number of amides is 1. The second-order valence-electron chi connectivity index (χ2n) is 6.77. The Hall–Kier alpha value is -3.30. The average Bonchev–Trinajstić information content (AvgIpc) is 2.77. The lowest BCUT2D eigenvalue weighted by molar-refractivity contribution is 0.102. The normalized spacial score (nSPS) is 11.5. The minimum absolute atomic E-state index is 0.0486. The van der Waals surface area contributed by atoms with Gasteiger partial charge in [-0.05, 0) is 29.8 Å². The summed E-state index contributed by atoms with van der Waals surface area (Å²) in [4.78, 5) is 24.9. The molecule has 0 unspecified atom stereocenters. The lowest BCUT2D eigenvalue weighted by Crippen LogP contribution is -2.30. The third-order valence-electron chi connectivity index (χ3n) is 4.71. The highest BCUT2D eigenvalue weighted by Crippen LogP contribution is 2.20. The van der Waals surface area contributed by atoms with Crippen molar-refractivity contribution in [3.05, 3.63) is 88.3 Å². The molecule has 0 saturated carbocycles. The molecular formula is C22H24N4O4S. The van der Waals surface area contributed by atoms with E-state index in [0.29, 0.717) is 18.8 Å². The number of sulfonamides is 1. The molecule has 3 aromatic rings. The van der Waals surface area contributed by atoms with Gasteiger partial charge in [0.1, 0.15) is 5.69 Å². The van der Waals surface area contributed by atoms with Crippen LogP contribution in [0.5, 0.6) is 0 Å². The fourth-order valence-corrected chi connectivity index (χ4v) is 4.59. The topological polar surface area (TPSA) is 101 Å². The Labute approximate surface area is 181 Å². The SMILES string of the molecule is CCN(CC)S(=O)(=O)c1cccc(NC(=O)c2ccc(=O)n(Cc3ccccc3)n2)c1. The summed E-state index contributed by atoms with van der Waals surface area (Å²) in [6.45, 7) is 4.47. The third-order valence-corrected chi connectivity index (χ3v) is 6.76. The molecule has 9 heteroatoms. The molecule has 0 saturated heterocycles. The Morgan fingerprint density at radius 3 is 2.39 bits per heavy atom. The molecule has 3 rings (SSSR count). The van der Waals surface area contributed by atoms with Gasteiger partial charge < -0.3 is 5.32 Å². The lowest BCUT2D eigenvalue weighted by atomic mass is 10.2. The maximum Gasteiger partial charge on any atom is 0.276 e. The number of hydrogen-bond donors (Lipinski definition) is 1. The van der Waals surface area contributed by atoms with Gasteiger partial charge in [0.25, 0.3) is 11.5 Å². The summed E-state index contributed by atoms with van der Waals surface area (Å²) >= 11 is 0. The maximum absolute atomic E-state index is 12.7. The van der Waals surface area contributed by atoms with Crippen LogP contribution in [0.1, 0.15) is 29.9 Å². The molecular weight excluding hydrogens is 416 g/mol. The number of nitrogens with zero attached hydrogens (tertiary/aromatic N) is 3. The van der Waals surface area contributed by atoms with E-state index in [1.807, 2.05) is 30.3 Å². The van der Waals surface area contributed by atoms with Crippen molar-refractivity contribution in [2.75, 3.05) is 18.4 Å². The number of nitrogens with one attached hydrogen (secondary N) is 1. The van der Waals surface area contributed by atoms with Crippen molar-refractivity contribution in [2.24, 2.45) is 0 Å². The van der Waals surface area contributed by atoms with E-state index < -0.39 is 15.9 Å². The first-order valence-electron chi connectivity index (χ1n) is 9.88. The van der Waals surface area contributed by atoms with Crippen LogP contribution in [0.25, 0.3) is 0 Å². The van der Waals surface area contributed by atoms with Crippen LogP contribution in [0, 0.1) is 0 Å². The third kappa shape index (κ3) is 5.25. The van der Waals surface area contributed by atoms with Crippen molar-refractivity contribution in [3.63, 3.8) is 0 Å². The van der Waals surface area contributed by atoms with Crippen LogP contribution < -0.4 is 10.9 Å². The Bertz CT molecular complexity index is 1220. The highest BCUT2D eigenvalue weighted by atomic mass is 32.2. The molecule has 0 fully saturated rings. The van der Waals surface area contributed by atoms with Gasteiger partial charge in [0.2, 0.25) is 10.0 Å². The van der Waals surface area contributed by atoms with E-state index in [1.54, 1.807) is 26.0 Å². The van der Waals surface area contributed by atoms with Gasteiger partial charge in [-0.25, -0.2) is 13.1 Å². The van der Waals surface area contributed by atoms with Crippen LogP contribution in [-0.4, -0.2) is 41.5 Å². The fraction of sp³-hybridized carbons (Fsp3) is 0.227. The van der Waals surface area contributed by atoms with Crippen molar-refractivity contribution in [2.45, 2.75) is 25.3 Å². The molecule has 1 N–H and O–H groups in total. The van der Waals surface area contributed by atoms with E-state index in [2.05, 4.69) is 10.4 Å². The molecule has 1 amide bonds. The quantitative estimate of drug-likeness (QED) is 0.580. The van der Waals surface area contributed by atoms with E-state index in [1.165, 1.54) is 33.3 Å². The zero-order valence-corrected chi connectivity index (χ0v) is 18.2. The summed E-state index contributed by atoms with van der Waals surface area (Å²) in [5.74, 6) is -0.542. The summed E-state index contributed by atoms with van der Waals surface area (Å²) in [6.07, 6.45) is 0. The molecule has 0 spiro atoms. The molecule has 0 radical (unpaired) electrons. The van der Waals surface area contributed by atoms with Gasteiger partial charge in [0.15, 0.2) is 0 Å². The summed E-state index contributed by atoms with van der Waals surface area (Å²) in [7, 11) is -3.65. The second-order valence-corrected chi connectivity index (χ2v) is 8.71. The van der Waals surface area contributed by atoms with Gasteiger partial charge in [-0.3, -0.25) is 9.59 Å². The van der Waals surface area contributed by atoms with Gasteiger partial charge in [-0.2, -0.15) is 9.40 Å². The Kier molecular flexibility index (Phi) is 6.98. The number of rotatable bonds is 8. The Morgan fingerprint density at radius 1 is 1.00 bits per heavy atom. The van der Waals surface area contributed by atoms with E-state index in [4.69, 9.17) is 0 Å². The first-order valence-corrected chi connectivity index (χ1v) is 11.3. The maximum atomic E-state index is 12.7. The molecule has 0 aliphatic heterocycles. The van der Waals surface area contributed by atoms with Gasteiger partial charge in [-0.15, -0.1) is 0 Å². The Morgan fingerprint density at radius 2 is 1.71 bits per heavy atom. The van der Waals surface area contributed by atoms with Crippen molar-refractivity contribution >= 4 is 21.6 Å². The predicted molar refractivity (Wildman–Crippen MR) is 119 cm³/mol. The van der Waals surface area contributed by atoms with E-state index in [0.717, 1.165) is 5.56 Å². The summed E-state index contributed by atoms with van der Waals surface area (Å²) < 4.78 is 28.0. The molecule has 1 heterocycles. The number of hydrogen-bond acceptors (Lipinski definition) is 5. The zero-order chi connectivity index (χ0) is 22.4. The zero-order valence-electron chi connectivity index (χ0n) is 17.4. The minimum Gasteiger partial charge on any atom is -0.321 e. The lowest BCUT2D eigenvalue weighted by Gasteiger charge is -2.18. The molecule has 8 nitrogen and oxygen atoms in total. The summed E-state index contributed by atoms with van der Waals surface area (Å²) in [5, 5.41) is 6.81. The summed E-state index contributed by atoms with van der Waals surface area (Å²) in [5.41, 5.74) is 0.921. The summed E-state index contributed by atoms with van der Waals surface area (Å²) in [6, 6.07) is 18.0. The monoisotopic (exact) mass is 440 g/mol. The van der Waals surface area contributed by atoms with Gasteiger partial charge >= 0.3 is 0 Å². The number of anilines is 1. The smallest absolute Gasteiger partial charge is 0.276 e. The highest BCUT2D eigenvalue weighted by Gasteiger charge is 2.22. The van der Waals surface area contributed by atoms with Crippen LogP contribution in [0.2, 0.25) is 0 Å². The van der Waals surface area contributed by atoms with Crippen molar-refractivity contribution < 1.29 is 13.2 Å². The molecule has 0 bridgehead atoms. The molecule has 1 aromatic heterocycles. The van der Waals surface area contributed by atoms with Crippen molar-refractivity contribution in [1.82, 2.24) is 14.1 Å². The van der Waals surface area contributed by atoms with E-state index >= 15 is 0 Å². The van der Waals surface area contributed by atoms with Gasteiger partial charge in [0, 0.05) is 24.8 Å². The number of carbonyl (C=O) groups excluding carboxylic acids is 1. The molecule has 0 aliphatic carbocycles. The number of benzene rings is 2. The molecule has 162 valence electrons. The largest absolute Gasteiger partial charge is 0.321 e. The van der Waals surface area contributed by atoms with Crippen molar-refractivity contribution in [1.29, 1.82) is 0 Å². The molecule has 0 atom stereocenters. The number of aromatic nitrogens is 2. The van der Waals surface area contributed by atoms with Crippen LogP contribution in [0.3, 0.4) is 0 Å². The fourth-order valence-electron chi connectivity index (χ4n) is 3.08. The van der Waals surface area contributed by atoms with Crippen LogP contribution in [0.15, 0.2) is 76.4 Å². The van der Waals surface area contributed by atoms with E-state index in [9.17, 15) is 18.0 Å². The molecule has 0 aliphatic rings. The van der Waals surface area contributed by atoms with Crippen LogP contribution >= 0.6 is 0 Å². The average molecular weight is 441 g/mol. The predicted octanol–water partition coefficient (Wildman–Crippen LogP) is 2.57. The van der Waals surface area contributed by atoms with Crippen LogP contribution in [-0.2, 0) is 16.6 Å². The standard InChI is InChI=1S/C22H24N4O4S/c1-3-25(4-2)31(29,30)19-12-8-11-18(15-19)23-22(28)20-13-14-21(27)26(24-20)16-17-9-6-5-7-10-17/h5-15H,3-4,16H2,1-2H3,(H,23,28). The minimum atomic E-state index is -3.65. The molecule has 31 heavy (non-hydrogen) atoms. The highest BCUT2D eigenvalue weighted by molar-refractivity contribution is 7.89. The van der Waals surface area contributed by atoms with Crippen molar-refractivity contribution in [3.8, 4) is 0 Å². The Balaban J connectivity index is 1.82. The molecule has 2 aromatic carbocycles. The second kappa shape index (κ2) is 9.67.